The fraction of sp³-hybridized carbons (Fsp3) is 0.379. The summed E-state index contributed by atoms with van der Waals surface area (Å²) in [6.45, 7) is 5.03. The van der Waals surface area contributed by atoms with E-state index in [-0.39, 0.29) is 5.91 Å². The number of aliphatic imine (C=N–C) groups is 1. The molecule has 2 heterocycles. The second kappa shape index (κ2) is 10.1. The standard InChI is InChI=1S/C29H33N3OS/c1-21-15-16-25(18-22(21)2)32-28(33)27(19-23-10-5-3-6-11-23)30-29(32)31(20-26-14-9-17-34-26)24-12-7-4-8-13-24/h3,5-6,9-11,14-18,24,27H,4,7-8,12-13,19-20H2,1-2H3. The van der Waals surface area contributed by atoms with E-state index in [1.165, 1.54) is 35.3 Å². The summed E-state index contributed by atoms with van der Waals surface area (Å²) in [6, 6.07) is 20.9. The van der Waals surface area contributed by atoms with Gasteiger partial charge in [-0.3, -0.25) is 4.79 Å². The number of anilines is 1. The molecule has 0 N–H and O–H groups in total. The lowest BCUT2D eigenvalue weighted by molar-refractivity contribution is -0.118. The van der Waals surface area contributed by atoms with Gasteiger partial charge in [-0.2, -0.15) is 0 Å². The van der Waals surface area contributed by atoms with Gasteiger partial charge in [0.15, 0.2) is 0 Å². The molecule has 3 aromatic rings. The van der Waals surface area contributed by atoms with Crippen LogP contribution in [-0.4, -0.2) is 28.9 Å². The number of nitrogens with zero attached hydrogens (tertiary/aromatic N) is 3. The number of guanidine groups is 1. The molecule has 1 fully saturated rings. The van der Waals surface area contributed by atoms with Crippen molar-refractivity contribution in [3.8, 4) is 0 Å². The maximum Gasteiger partial charge on any atom is 0.259 e. The normalized spacial score (nSPS) is 18.9. The molecule has 5 heteroatoms. The number of carbonyl (C=O) groups excluding carboxylic acids is 1. The Morgan fingerprint density at radius 3 is 2.47 bits per heavy atom. The van der Waals surface area contributed by atoms with Gasteiger partial charge in [-0.1, -0.05) is 61.7 Å². The van der Waals surface area contributed by atoms with Crippen LogP contribution in [0.1, 0.15) is 53.7 Å². The third kappa shape index (κ3) is 4.80. The Balaban J connectivity index is 1.55. The van der Waals surface area contributed by atoms with Crippen molar-refractivity contribution >= 4 is 28.9 Å². The quantitative estimate of drug-likeness (QED) is 0.411. The first-order valence-corrected chi connectivity index (χ1v) is 13.3. The fourth-order valence-electron chi connectivity index (χ4n) is 5.11. The van der Waals surface area contributed by atoms with Crippen LogP contribution in [0.4, 0.5) is 5.69 Å². The van der Waals surface area contributed by atoms with Crippen molar-refractivity contribution in [1.82, 2.24) is 4.90 Å². The highest BCUT2D eigenvalue weighted by Crippen LogP contribution is 2.32. The average molecular weight is 472 g/mol. The Morgan fingerprint density at radius 2 is 1.76 bits per heavy atom. The van der Waals surface area contributed by atoms with Gasteiger partial charge >= 0.3 is 0 Å². The van der Waals surface area contributed by atoms with E-state index >= 15 is 0 Å². The van der Waals surface area contributed by atoms with Crippen molar-refractivity contribution < 1.29 is 4.79 Å². The van der Waals surface area contributed by atoms with E-state index in [1.54, 1.807) is 11.3 Å². The van der Waals surface area contributed by atoms with Crippen molar-refractivity contribution in [2.75, 3.05) is 4.90 Å². The molecule has 0 saturated heterocycles. The van der Waals surface area contributed by atoms with Crippen molar-refractivity contribution in [3.05, 3.63) is 87.6 Å². The lowest BCUT2D eigenvalue weighted by Crippen LogP contribution is -2.49. The van der Waals surface area contributed by atoms with Crippen LogP contribution in [0, 0.1) is 13.8 Å². The minimum Gasteiger partial charge on any atom is -0.334 e. The molecule has 176 valence electrons. The number of hydrogen-bond donors (Lipinski definition) is 0. The first-order chi connectivity index (χ1) is 16.6. The molecule has 5 rings (SSSR count). The zero-order chi connectivity index (χ0) is 23.5. The minimum absolute atomic E-state index is 0.0779. The molecule has 0 radical (unpaired) electrons. The van der Waals surface area contributed by atoms with Gasteiger partial charge < -0.3 is 4.90 Å². The summed E-state index contributed by atoms with van der Waals surface area (Å²) in [7, 11) is 0. The molecular weight excluding hydrogens is 438 g/mol. The zero-order valence-electron chi connectivity index (χ0n) is 20.1. The van der Waals surface area contributed by atoms with Gasteiger partial charge in [0.05, 0.1) is 12.2 Å². The number of hydrogen-bond acceptors (Lipinski definition) is 4. The highest BCUT2D eigenvalue weighted by molar-refractivity contribution is 7.09. The van der Waals surface area contributed by atoms with E-state index in [4.69, 9.17) is 4.99 Å². The highest BCUT2D eigenvalue weighted by Gasteiger charge is 2.40. The van der Waals surface area contributed by atoms with Crippen molar-refractivity contribution in [1.29, 1.82) is 0 Å². The van der Waals surface area contributed by atoms with Crippen molar-refractivity contribution in [2.24, 2.45) is 4.99 Å². The molecule has 2 aliphatic rings. The molecule has 1 aliphatic heterocycles. The molecule has 4 nitrogen and oxygen atoms in total. The Kier molecular flexibility index (Phi) is 6.82. The predicted molar refractivity (Wildman–Crippen MR) is 142 cm³/mol. The summed E-state index contributed by atoms with van der Waals surface area (Å²) in [5.41, 5.74) is 4.50. The van der Waals surface area contributed by atoms with Crippen LogP contribution in [0.3, 0.4) is 0 Å². The number of rotatable bonds is 6. The van der Waals surface area contributed by atoms with E-state index in [1.807, 2.05) is 23.1 Å². The third-order valence-electron chi connectivity index (χ3n) is 7.18. The molecule has 2 aromatic carbocycles. The summed E-state index contributed by atoms with van der Waals surface area (Å²) < 4.78 is 0. The van der Waals surface area contributed by atoms with Crippen LogP contribution in [0.5, 0.6) is 0 Å². The van der Waals surface area contributed by atoms with Crippen LogP contribution in [0.2, 0.25) is 0 Å². The monoisotopic (exact) mass is 471 g/mol. The van der Waals surface area contributed by atoms with Gasteiger partial charge in [-0.05, 0) is 67.0 Å². The average Bonchev–Trinajstić information content (AvgIpc) is 3.49. The number of amides is 1. The second-order valence-corrected chi connectivity index (χ2v) is 10.6. The predicted octanol–water partition coefficient (Wildman–Crippen LogP) is 6.51. The largest absolute Gasteiger partial charge is 0.334 e. The van der Waals surface area contributed by atoms with E-state index in [2.05, 4.69) is 66.6 Å². The Bertz CT molecular complexity index is 1150. The molecule has 1 unspecified atom stereocenters. The van der Waals surface area contributed by atoms with E-state index in [9.17, 15) is 4.79 Å². The van der Waals surface area contributed by atoms with Gasteiger partial charge in [0.2, 0.25) is 5.96 Å². The smallest absolute Gasteiger partial charge is 0.259 e. The third-order valence-corrected chi connectivity index (χ3v) is 8.04. The van der Waals surface area contributed by atoms with Gasteiger partial charge in [0.1, 0.15) is 6.04 Å². The topological polar surface area (TPSA) is 35.9 Å². The first-order valence-electron chi connectivity index (χ1n) is 12.4. The number of benzene rings is 2. The van der Waals surface area contributed by atoms with Crippen LogP contribution in [0.15, 0.2) is 71.0 Å². The number of thiophene rings is 1. The maximum absolute atomic E-state index is 13.9. The lowest BCUT2D eigenvalue weighted by Gasteiger charge is -2.38. The summed E-state index contributed by atoms with van der Waals surface area (Å²) in [6.07, 6.45) is 6.72. The summed E-state index contributed by atoms with van der Waals surface area (Å²) in [5, 5.41) is 2.13. The van der Waals surface area contributed by atoms with Gasteiger partial charge in [-0.15, -0.1) is 11.3 Å². The molecule has 1 aliphatic carbocycles. The fourth-order valence-corrected chi connectivity index (χ4v) is 5.81. The van der Waals surface area contributed by atoms with Crippen LogP contribution >= 0.6 is 11.3 Å². The molecule has 0 spiro atoms. The van der Waals surface area contributed by atoms with Crippen LogP contribution < -0.4 is 4.90 Å². The molecule has 1 aromatic heterocycles. The summed E-state index contributed by atoms with van der Waals surface area (Å²) >= 11 is 1.78. The van der Waals surface area contributed by atoms with Gasteiger partial charge in [0.25, 0.3) is 5.91 Å². The zero-order valence-corrected chi connectivity index (χ0v) is 20.9. The summed E-state index contributed by atoms with van der Waals surface area (Å²) in [5.74, 6) is 0.906. The Morgan fingerprint density at radius 1 is 0.971 bits per heavy atom. The molecule has 1 saturated carbocycles. The lowest BCUT2D eigenvalue weighted by atomic mass is 9.94. The van der Waals surface area contributed by atoms with E-state index in [0.29, 0.717) is 12.5 Å². The molecule has 34 heavy (non-hydrogen) atoms. The van der Waals surface area contributed by atoms with Crippen LogP contribution in [-0.2, 0) is 17.8 Å². The van der Waals surface area contributed by atoms with Crippen LogP contribution in [0.25, 0.3) is 0 Å². The number of aryl methyl sites for hydroxylation is 2. The molecule has 1 amide bonds. The maximum atomic E-state index is 13.9. The first kappa shape index (κ1) is 22.9. The van der Waals surface area contributed by atoms with Gasteiger partial charge in [-0.25, -0.2) is 9.89 Å². The highest BCUT2D eigenvalue weighted by atomic mass is 32.1. The minimum atomic E-state index is -0.395. The second-order valence-electron chi connectivity index (χ2n) is 9.58. The molecule has 1 atom stereocenters. The van der Waals surface area contributed by atoms with Crippen molar-refractivity contribution in [3.63, 3.8) is 0 Å². The number of carbonyl (C=O) groups is 1. The summed E-state index contributed by atoms with van der Waals surface area (Å²) in [4.78, 5) is 24.7. The van der Waals surface area contributed by atoms with Gasteiger partial charge in [0, 0.05) is 17.3 Å². The molecule has 0 bridgehead atoms. The Hall–Kier alpha value is -2.92. The van der Waals surface area contributed by atoms with E-state index in [0.717, 1.165) is 36.6 Å². The van der Waals surface area contributed by atoms with Crippen molar-refractivity contribution in [2.45, 2.75) is 71.0 Å². The van der Waals surface area contributed by atoms with E-state index < -0.39 is 6.04 Å². The molecular formula is C29H33N3OS. The SMILES string of the molecule is Cc1ccc(N2C(=O)C(Cc3ccccc3)N=C2N(Cc2cccs2)C2CCCCC2)cc1C. The Labute approximate surface area is 206 Å².